The number of hydrogen-bond donors (Lipinski definition) is 1. The molecule has 4 rings (SSSR count). The van der Waals surface area contributed by atoms with Crippen LogP contribution in [0.3, 0.4) is 0 Å². The Morgan fingerprint density at radius 1 is 0.897 bits per heavy atom. The predicted molar refractivity (Wildman–Crippen MR) is 109 cm³/mol. The van der Waals surface area contributed by atoms with Crippen LogP contribution in [0.5, 0.6) is 0 Å². The number of amides is 1. The number of carboxylic acid groups (broad SMARTS) is 1. The van der Waals surface area contributed by atoms with E-state index >= 15 is 0 Å². The van der Waals surface area contributed by atoms with Crippen molar-refractivity contribution in [2.45, 2.75) is 13.1 Å². The van der Waals surface area contributed by atoms with Crippen molar-refractivity contribution < 1.29 is 14.7 Å². The molecule has 1 amide bonds. The second-order valence-electron chi connectivity index (χ2n) is 6.76. The Labute approximate surface area is 167 Å². The average molecular weight is 385 g/mol. The molecule has 4 aromatic rings. The lowest BCUT2D eigenvalue weighted by Crippen LogP contribution is -2.31. The van der Waals surface area contributed by atoms with E-state index in [1.54, 1.807) is 41.6 Å². The fourth-order valence-corrected chi connectivity index (χ4v) is 3.19. The number of rotatable bonds is 6. The Bertz CT molecular complexity index is 1150. The highest BCUT2D eigenvalue weighted by Crippen LogP contribution is 2.15. The van der Waals surface area contributed by atoms with Crippen molar-refractivity contribution in [1.82, 2.24) is 14.3 Å². The Morgan fingerprint density at radius 2 is 1.59 bits per heavy atom. The van der Waals surface area contributed by atoms with Crippen LogP contribution in [-0.2, 0) is 13.1 Å². The number of carbonyl (C=O) groups excluding carboxylic acids is 1. The molecule has 0 radical (unpaired) electrons. The summed E-state index contributed by atoms with van der Waals surface area (Å²) in [7, 11) is 0. The lowest BCUT2D eigenvalue weighted by molar-refractivity contribution is 0.0693. The third-order valence-corrected chi connectivity index (χ3v) is 4.71. The fourth-order valence-electron chi connectivity index (χ4n) is 3.19. The van der Waals surface area contributed by atoms with E-state index in [0.29, 0.717) is 18.8 Å². The maximum Gasteiger partial charge on any atom is 0.335 e. The van der Waals surface area contributed by atoms with Gasteiger partial charge in [-0.25, -0.2) is 9.78 Å². The minimum absolute atomic E-state index is 0.181. The smallest absolute Gasteiger partial charge is 0.335 e. The number of carbonyl (C=O) groups is 2. The second-order valence-corrected chi connectivity index (χ2v) is 6.76. The van der Waals surface area contributed by atoms with Crippen LogP contribution in [0.4, 0.5) is 0 Å². The third-order valence-electron chi connectivity index (χ3n) is 4.71. The SMILES string of the molecule is O=C(O)c1ccc(CN(Cc2ccccc2)C(=O)c2cc3cccn3cn2)cc1. The summed E-state index contributed by atoms with van der Waals surface area (Å²) in [6.07, 6.45) is 3.51. The van der Waals surface area contributed by atoms with Gasteiger partial charge in [0.25, 0.3) is 5.91 Å². The zero-order chi connectivity index (χ0) is 20.2. The molecule has 0 unspecified atom stereocenters. The van der Waals surface area contributed by atoms with E-state index in [9.17, 15) is 9.59 Å². The first kappa shape index (κ1) is 18.4. The van der Waals surface area contributed by atoms with Crippen LogP contribution in [0.1, 0.15) is 32.0 Å². The van der Waals surface area contributed by atoms with E-state index in [0.717, 1.165) is 16.6 Å². The van der Waals surface area contributed by atoms with Gasteiger partial charge in [-0.1, -0.05) is 42.5 Å². The van der Waals surface area contributed by atoms with Gasteiger partial charge in [0, 0.05) is 24.8 Å². The van der Waals surface area contributed by atoms with E-state index in [2.05, 4.69) is 4.98 Å². The molecular formula is C23H19N3O3. The summed E-state index contributed by atoms with van der Waals surface area (Å²) in [5.74, 6) is -1.15. The zero-order valence-electron chi connectivity index (χ0n) is 15.6. The molecule has 29 heavy (non-hydrogen) atoms. The highest BCUT2D eigenvalue weighted by Gasteiger charge is 2.19. The quantitative estimate of drug-likeness (QED) is 0.547. The number of fused-ring (bicyclic) bond motifs is 1. The van der Waals surface area contributed by atoms with Crippen LogP contribution in [0.25, 0.3) is 5.52 Å². The summed E-state index contributed by atoms with van der Waals surface area (Å²) < 4.78 is 1.85. The highest BCUT2D eigenvalue weighted by atomic mass is 16.4. The molecular weight excluding hydrogens is 366 g/mol. The summed E-state index contributed by atoms with van der Waals surface area (Å²) in [6, 6.07) is 21.9. The molecule has 2 aromatic carbocycles. The van der Waals surface area contributed by atoms with Crippen molar-refractivity contribution >= 4 is 17.4 Å². The number of benzene rings is 2. The van der Waals surface area contributed by atoms with Gasteiger partial charge in [0.15, 0.2) is 0 Å². The lowest BCUT2D eigenvalue weighted by Gasteiger charge is -2.23. The molecule has 2 aromatic heterocycles. The Balaban J connectivity index is 1.63. The first-order valence-electron chi connectivity index (χ1n) is 9.18. The Morgan fingerprint density at radius 3 is 2.28 bits per heavy atom. The van der Waals surface area contributed by atoms with Gasteiger partial charge in [-0.2, -0.15) is 0 Å². The van der Waals surface area contributed by atoms with E-state index in [1.807, 2.05) is 53.1 Å². The molecule has 0 fully saturated rings. The third kappa shape index (κ3) is 4.16. The lowest BCUT2D eigenvalue weighted by atomic mass is 10.1. The molecule has 0 aliphatic heterocycles. The molecule has 0 aliphatic rings. The number of carboxylic acids is 1. The Hall–Kier alpha value is -3.93. The van der Waals surface area contributed by atoms with Crippen LogP contribution in [0.2, 0.25) is 0 Å². The summed E-state index contributed by atoms with van der Waals surface area (Å²) in [6.45, 7) is 0.774. The van der Waals surface area contributed by atoms with Crippen molar-refractivity contribution in [3.8, 4) is 0 Å². The van der Waals surface area contributed by atoms with Gasteiger partial charge in [-0.15, -0.1) is 0 Å². The highest BCUT2D eigenvalue weighted by molar-refractivity contribution is 5.93. The number of aromatic carboxylic acids is 1. The average Bonchev–Trinajstić information content (AvgIpc) is 3.22. The maximum absolute atomic E-state index is 13.3. The second kappa shape index (κ2) is 7.98. The van der Waals surface area contributed by atoms with Crippen molar-refractivity contribution in [3.05, 3.63) is 108 Å². The van der Waals surface area contributed by atoms with Crippen molar-refractivity contribution in [2.75, 3.05) is 0 Å². The zero-order valence-corrected chi connectivity index (χ0v) is 15.6. The van der Waals surface area contributed by atoms with Gasteiger partial charge in [0.05, 0.1) is 11.9 Å². The molecule has 144 valence electrons. The summed E-state index contributed by atoms with van der Waals surface area (Å²) >= 11 is 0. The molecule has 6 heteroatoms. The molecule has 0 atom stereocenters. The minimum Gasteiger partial charge on any atom is -0.478 e. The molecule has 1 N–H and O–H groups in total. The Kier molecular flexibility index (Phi) is 5.07. The van der Waals surface area contributed by atoms with Crippen LogP contribution in [0.15, 0.2) is 85.3 Å². The summed E-state index contributed by atoms with van der Waals surface area (Å²) in [4.78, 5) is 30.4. The minimum atomic E-state index is -0.974. The molecule has 0 saturated carbocycles. The normalized spacial score (nSPS) is 10.8. The van der Waals surface area contributed by atoms with Gasteiger partial charge in [-0.05, 0) is 41.5 Å². The van der Waals surface area contributed by atoms with Crippen molar-refractivity contribution in [3.63, 3.8) is 0 Å². The van der Waals surface area contributed by atoms with Crippen LogP contribution in [-0.4, -0.2) is 31.3 Å². The van der Waals surface area contributed by atoms with Crippen LogP contribution < -0.4 is 0 Å². The van der Waals surface area contributed by atoms with Gasteiger partial charge in [0.2, 0.25) is 0 Å². The van der Waals surface area contributed by atoms with Crippen LogP contribution in [0, 0.1) is 0 Å². The van der Waals surface area contributed by atoms with E-state index in [4.69, 9.17) is 5.11 Å². The predicted octanol–water partition coefficient (Wildman–Crippen LogP) is 3.88. The number of aromatic nitrogens is 2. The van der Waals surface area contributed by atoms with Gasteiger partial charge >= 0.3 is 5.97 Å². The first-order valence-corrected chi connectivity index (χ1v) is 9.18. The van der Waals surface area contributed by atoms with Gasteiger partial charge in [0.1, 0.15) is 5.69 Å². The molecule has 6 nitrogen and oxygen atoms in total. The molecule has 0 spiro atoms. The molecule has 2 heterocycles. The van der Waals surface area contributed by atoms with Gasteiger partial charge < -0.3 is 14.4 Å². The van der Waals surface area contributed by atoms with E-state index in [-0.39, 0.29) is 11.5 Å². The van der Waals surface area contributed by atoms with E-state index < -0.39 is 5.97 Å². The summed E-state index contributed by atoms with van der Waals surface area (Å²) in [5, 5.41) is 9.08. The van der Waals surface area contributed by atoms with Crippen molar-refractivity contribution in [1.29, 1.82) is 0 Å². The van der Waals surface area contributed by atoms with E-state index in [1.165, 1.54) is 0 Å². The number of hydrogen-bond acceptors (Lipinski definition) is 3. The largest absolute Gasteiger partial charge is 0.478 e. The first-order chi connectivity index (χ1) is 14.1. The molecule has 0 bridgehead atoms. The van der Waals surface area contributed by atoms with Crippen molar-refractivity contribution in [2.24, 2.45) is 0 Å². The monoisotopic (exact) mass is 385 g/mol. The number of nitrogens with zero attached hydrogens (tertiary/aromatic N) is 3. The fraction of sp³-hybridized carbons (Fsp3) is 0.0870. The van der Waals surface area contributed by atoms with Crippen LogP contribution >= 0.6 is 0 Å². The summed E-state index contributed by atoms with van der Waals surface area (Å²) in [5.41, 5.74) is 3.34. The molecule has 0 saturated heterocycles. The maximum atomic E-state index is 13.3. The standard InChI is InChI=1S/C23H19N3O3/c27-22(21-13-20-7-4-12-25(20)16-24-21)26(14-17-5-2-1-3-6-17)15-18-8-10-19(11-9-18)23(28)29/h1-13,16H,14-15H2,(H,28,29). The molecule has 0 aliphatic carbocycles. The topological polar surface area (TPSA) is 74.9 Å². The van der Waals surface area contributed by atoms with Gasteiger partial charge in [-0.3, -0.25) is 4.79 Å².